The van der Waals surface area contributed by atoms with Gasteiger partial charge in [0.05, 0.1) is 16.1 Å². The minimum absolute atomic E-state index is 0.0943. The van der Waals surface area contributed by atoms with Crippen molar-refractivity contribution in [3.63, 3.8) is 0 Å². The number of rotatable bonds is 4. The number of sulfonamides is 1. The van der Waals surface area contributed by atoms with Crippen molar-refractivity contribution in [3.8, 4) is 0 Å². The zero-order valence-corrected chi connectivity index (χ0v) is 16.7. The first kappa shape index (κ1) is 24.0. The Kier molecular flexibility index (Phi) is 7.84. The molecule has 0 saturated heterocycles. The Balaban J connectivity index is 0.000000609. The van der Waals surface area contributed by atoms with Gasteiger partial charge in [-0.05, 0) is 66.1 Å². The largest absolute Gasteiger partial charge is 0.488 e. The molecular weight excluding hydrogens is 345 g/mol. The smallest absolute Gasteiger partial charge is 0.423 e. The van der Waals surface area contributed by atoms with E-state index in [4.69, 9.17) is 20.3 Å². The standard InChI is InChI=1S/C10H16BNO4S.C6H14O2/c1-10(2,3)12-17(15,16)9-6-4-8(5-7-9)11(13)14;1-5(2,7)6(3,4)8/h4-7,12-14H,1-3H3;7-8H,1-4H3. The van der Waals surface area contributed by atoms with Gasteiger partial charge in [0.2, 0.25) is 10.0 Å². The van der Waals surface area contributed by atoms with Gasteiger partial charge in [0, 0.05) is 5.54 Å². The van der Waals surface area contributed by atoms with Crippen molar-refractivity contribution >= 4 is 22.6 Å². The minimum atomic E-state index is -3.57. The van der Waals surface area contributed by atoms with Gasteiger partial charge in [-0.3, -0.25) is 0 Å². The number of nitrogens with one attached hydrogen (secondary N) is 1. The fraction of sp³-hybridized carbons (Fsp3) is 0.625. The Morgan fingerprint density at radius 3 is 1.44 bits per heavy atom. The maximum atomic E-state index is 11.9. The highest BCUT2D eigenvalue weighted by molar-refractivity contribution is 7.89. The average molecular weight is 375 g/mol. The summed E-state index contributed by atoms with van der Waals surface area (Å²) < 4.78 is 26.3. The monoisotopic (exact) mass is 375 g/mol. The Bertz CT molecular complexity index is 625. The Morgan fingerprint density at radius 2 is 1.20 bits per heavy atom. The second-order valence-electron chi connectivity index (χ2n) is 7.92. The molecule has 0 aliphatic heterocycles. The Labute approximate surface area is 150 Å². The van der Waals surface area contributed by atoms with Gasteiger partial charge in [-0.1, -0.05) is 12.1 Å². The summed E-state index contributed by atoms with van der Waals surface area (Å²) >= 11 is 0. The van der Waals surface area contributed by atoms with Crippen molar-refractivity contribution in [2.75, 3.05) is 0 Å². The van der Waals surface area contributed by atoms with E-state index in [1.807, 2.05) is 0 Å². The third kappa shape index (κ3) is 8.80. The highest BCUT2D eigenvalue weighted by Crippen LogP contribution is 2.19. The van der Waals surface area contributed by atoms with Crippen LogP contribution < -0.4 is 10.2 Å². The van der Waals surface area contributed by atoms with E-state index in [0.717, 1.165) is 0 Å². The lowest BCUT2D eigenvalue weighted by atomic mass is 9.81. The van der Waals surface area contributed by atoms with Crippen LogP contribution in [0, 0.1) is 0 Å². The second-order valence-corrected chi connectivity index (χ2v) is 9.60. The summed E-state index contributed by atoms with van der Waals surface area (Å²) in [7, 11) is -5.17. The van der Waals surface area contributed by atoms with Crippen LogP contribution in [0.3, 0.4) is 0 Å². The molecule has 0 aromatic heterocycles. The first-order valence-corrected chi connectivity index (χ1v) is 9.30. The Morgan fingerprint density at radius 1 is 0.840 bits per heavy atom. The topological polar surface area (TPSA) is 127 Å². The summed E-state index contributed by atoms with van der Waals surface area (Å²) in [5.74, 6) is 0. The van der Waals surface area contributed by atoms with E-state index in [-0.39, 0.29) is 10.4 Å². The van der Waals surface area contributed by atoms with Gasteiger partial charge < -0.3 is 20.3 Å². The molecular formula is C16H30BNO6S. The molecule has 144 valence electrons. The molecule has 1 aromatic carbocycles. The van der Waals surface area contributed by atoms with E-state index in [1.54, 1.807) is 48.5 Å². The molecule has 0 bridgehead atoms. The summed E-state index contributed by atoms with van der Waals surface area (Å²) in [6.07, 6.45) is 0. The number of benzene rings is 1. The van der Waals surface area contributed by atoms with Gasteiger partial charge in [0.25, 0.3) is 0 Å². The molecule has 0 aliphatic rings. The summed E-state index contributed by atoms with van der Waals surface area (Å²) in [5, 5.41) is 36.0. The van der Waals surface area contributed by atoms with Crippen molar-refractivity contribution in [3.05, 3.63) is 24.3 Å². The third-order valence-electron chi connectivity index (χ3n) is 3.43. The van der Waals surface area contributed by atoms with Crippen molar-refractivity contribution < 1.29 is 28.7 Å². The fourth-order valence-corrected chi connectivity index (χ4v) is 2.70. The molecule has 0 spiro atoms. The lowest BCUT2D eigenvalue weighted by molar-refractivity contribution is -0.107. The molecule has 0 saturated carbocycles. The number of hydrogen-bond donors (Lipinski definition) is 5. The Hall–Kier alpha value is -0.965. The van der Waals surface area contributed by atoms with Crippen LogP contribution in [0.5, 0.6) is 0 Å². The van der Waals surface area contributed by atoms with Crippen LogP contribution in [0.25, 0.3) is 0 Å². The van der Waals surface area contributed by atoms with E-state index in [9.17, 15) is 8.42 Å². The summed E-state index contributed by atoms with van der Waals surface area (Å²) in [4.78, 5) is 0.0943. The van der Waals surface area contributed by atoms with Gasteiger partial charge in [-0.2, -0.15) is 0 Å². The molecule has 0 heterocycles. The van der Waals surface area contributed by atoms with Crippen LogP contribution in [-0.4, -0.2) is 52.5 Å². The predicted octanol–water partition coefficient (Wildman–Crippen LogP) is -0.0286. The third-order valence-corrected chi connectivity index (χ3v) is 5.20. The van der Waals surface area contributed by atoms with Crippen molar-refractivity contribution in [2.24, 2.45) is 0 Å². The van der Waals surface area contributed by atoms with Crippen LogP contribution in [-0.2, 0) is 10.0 Å². The minimum Gasteiger partial charge on any atom is -0.423 e. The fourth-order valence-electron chi connectivity index (χ4n) is 1.28. The van der Waals surface area contributed by atoms with Crippen molar-refractivity contribution in [1.82, 2.24) is 4.72 Å². The summed E-state index contributed by atoms with van der Waals surface area (Å²) in [6.45, 7) is 11.5. The van der Waals surface area contributed by atoms with E-state index < -0.39 is 33.9 Å². The lowest BCUT2D eigenvalue weighted by Crippen LogP contribution is -2.44. The maximum absolute atomic E-state index is 11.9. The summed E-state index contributed by atoms with van der Waals surface area (Å²) in [6, 6.07) is 5.40. The quantitative estimate of drug-likeness (QED) is 0.471. The molecule has 0 amide bonds. The molecule has 7 nitrogen and oxygen atoms in total. The van der Waals surface area contributed by atoms with Gasteiger partial charge >= 0.3 is 7.12 Å². The van der Waals surface area contributed by atoms with Crippen LogP contribution in [0.2, 0.25) is 0 Å². The van der Waals surface area contributed by atoms with Gasteiger partial charge in [-0.25, -0.2) is 13.1 Å². The first-order valence-electron chi connectivity index (χ1n) is 7.82. The van der Waals surface area contributed by atoms with Gasteiger partial charge in [0.15, 0.2) is 0 Å². The van der Waals surface area contributed by atoms with Gasteiger partial charge in [-0.15, -0.1) is 0 Å². The van der Waals surface area contributed by atoms with E-state index in [2.05, 4.69) is 4.72 Å². The number of aliphatic hydroxyl groups is 2. The van der Waals surface area contributed by atoms with Crippen LogP contribution in [0.15, 0.2) is 29.2 Å². The number of hydrogen-bond acceptors (Lipinski definition) is 6. The molecule has 0 aliphatic carbocycles. The SMILES string of the molecule is CC(C)(C)NS(=O)(=O)c1ccc(B(O)O)cc1.CC(C)(O)C(C)(C)O. The normalized spacial score (nSPS) is 13.1. The highest BCUT2D eigenvalue weighted by atomic mass is 32.2. The molecule has 1 aromatic rings. The van der Waals surface area contributed by atoms with E-state index in [1.165, 1.54) is 24.3 Å². The first-order chi connectivity index (χ1) is 10.9. The summed E-state index contributed by atoms with van der Waals surface area (Å²) in [5.41, 5.74) is -2.33. The van der Waals surface area contributed by atoms with E-state index >= 15 is 0 Å². The molecule has 9 heteroatoms. The van der Waals surface area contributed by atoms with Crippen molar-refractivity contribution in [2.45, 2.75) is 70.1 Å². The second kappa shape index (κ2) is 8.15. The molecule has 0 atom stereocenters. The molecule has 25 heavy (non-hydrogen) atoms. The molecule has 5 N–H and O–H groups in total. The zero-order chi connectivity index (χ0) is 20.3. The lowest BCUT2D eigenvalue weighted by Gasteiger charge is -2.31. The predicted molar refractivity (Wildman–Crippen MR) is 98.9 cm³/mol. The zero-order valence-electron chi connectivity index (χ0n) is 15.9. The van der Waals surface area contributed by atoms with E-state index in [0.29, 0.717) is 0 Å². The molecule has 0 radical (unpaired) electrons. The molecule has 1 rings (SSSR count). The van der Waals surface area contributed by atoms with Gasteiger partial charge in [0.1, 0.15) is 0 Å². The van der Waals surface area contributed by atoms with Crippen LogP contribution in [0.1, 0.15) is 48.5 Å². The van der Waals surface area contributed by atoms with Crippen LogP contribution in [0.4, 0.5) is 0 Å². The van der Waals surface area contributed by atoms with Crippen molar-refractivity contribution in [1.29, 1.82) is 0 Å². The maximum Gasteiger partial charge on any atom is 0.488 e. The molecule has 0 fully saturated rings. The molecule has 0 unspecified atom stereocenters. The average Bonchev–Trinajstić information content (AvgIpc) is 2.34. The highest BCUT2D eigenvalue weighted by Gasteiger charge is 2.32. The van der Waals surface area contributed by atoms with Crippen LogP contribution >= 0.6 is 0 Å².